The predicted molar refractivity (Wildman–Crippen MR) is 93.4 cm³/mol. The largest absolute Gasteiger partial charge is 0.360 e. The molecule has 4 aromatic rings. The first kappa shape index (κ1) is 13.3. The highest BCUT2D eigenvalue weighted by atomic mass is 32.1. The van der Waals surface area contributed by atoms with E-state index in [4.69, 9.17) is 4.98 Å². The van der Waals surface area contributed by atoms with Crippen LogP contribution in [0.3, 0.4) is 0 Å². The highest BCUT2D eigenvalue weighted by Crippen LogP contribution is 2.33. The fraction of sp³-hybridized carbons (Fsp3) is 0.105. The molecule has 0 aliphatic rings. The van der Waals surface area contributed by atoms with Crippen LogP contribution in [-0.4, -0.2) is 9.97 Å². The van der Waals surface area contributed by atoms with Gasteiger partial charge in [0.15, 0.2) is 0 Å². The number of benzene rings is 2. The number of hydrogen-bond acceptors (Lipinski definition) is 2. The van der Waals surface area contributed by atoms with E-state index in [1.54, 1.807) is 11.3 Å². The lowest BCUT2D eigenvalue weighted by Crippen LogP contribution is -1.86. The fourth-order valence-corrected chi connectivity index (χ4v) is 3.80. The van der Waals surface area contributed by atoms with Crippen LogP contribution >= 0.6 is 11.3 Å². The minimum atomic E-state index is 0.898. The van der Waals surface area contributed by atoms with E-state index < -0.39 is 0 Å². The molecule has 0 saturated carbocycles. The number of hydrogen-bond donors (Lipinski definition) is 1. The number of thiazole rings is 1. The van der Waals surface area contributed by atoms with Gasteiger partial charge in [0.1, 0.15) is 0 Å². The van der Waals surface area contributed by atoms with Gasteiger partial charge in [0.2, 0.25) is 0 Å². The van der Waals surface area contributed by atoms with Crippen molar-refractivity contribution in [2.75, 3.05) is 0 Å². The van der Waals surface area contributed by atoms with E-state index in [9.17, 15) is 0 Å². The summed E-state index contributed by atoms with van der Waals surface area (Å²) in [6.07, 6.45) is 2.97. The Morgan fingerprint density at radius 1 is 1.00 bits per heavy atom. The maximum absolute atomic E-state index is 4.90. The Bertz CT molecular complexity index is 919. The molecule has 108 valence electrons. The third kappa shape index (κ3) is 2.34. The first-order chi connectivity index (χ1) is 10.8. The Hall–Kier alpha value is -2.39. The quantitative estimate of drug-likeness (QED) is 0.554. The Balaban J connectivity index is 1.74. The second-order valence-electron chi connectivity index (χ2n) is 5.42. The molecule has 0 saturated heterocycles. The fourth-order valence-electron chi connectivity index (χ4n) is 2.81. The van der Waals surface area contributed by atoms with Crippen LogP contribution in [0.2, 0.25) is 0 Å². The number of aryl methyl sites for hydroxylation is 1. The number of nitrogens with zero attached hydrogens (tertiary/aromatic N) is 1. The SMILES string of the molecule is Cc1sc(Cc2ccccc2)nc1-c1c[nH]c2ccccc12. The van der Waals surface area contributed by atoms with Gasteiger partial charge in [-0.05, 0) is 18.6 Å². The summed E-state index contributed by atoms with van der Waals surface area (Å²) < 4.78 is 0. The average Bonchev–Trinajstić information content (AvgIpc) is 3.11. The first-order valence-corrected chi connectivity index (χ1v) is 8.19. The number of aromatic nitrogens is 2. The van der Waals surface area contributed by atoms with Crippen molar-refractivity contribution in [3.63, 3.8) is 0 Å². The molecule has 4 rings (SSSR count). The molecule has 0 spiro atoms. The molecule has 0 amide bonds. The van der Waals surface area contributed by atoms with Gasteiger partial charge < -0.3 is 4.98 Å². The van der Waals surface area contributed by atoms with Crippen LogP contribution in [0.1, 0.15) is 15.4 Å². The zero-order chi connectivity index (χ0) is 14.9. The van der Waals surface area contributed by atoms with Crippen molar-refractivity contribution in [1.29, 1.82) is 0 Å². The van der Waals surface area contributed by atoms with Crippen molar-refractivity contribution < 1.29 is 0 Å². The van der Waals surface area contributed by atoms with Gasteiger partial charge in [0.25, 0.3) is 0 Å². The minimum absolute atomic E-state index is 0.898. The lowest BCUT2D eigenvalue weighted by molar-refractivity contribution is 1.14. The molecule has 3 heteroatoms. The Morgan fingerprint density at radius 2 is 1.77 bits per heavy atom. The molecule has 0 aliphatic heterocycles. The van der Waals surface area contributed by atoms with Gasteiger partial charge in [-0.1, -0.05) is 48.5 Å². The van der Waals surface area contributed by atoms with Gasteiger partial charge in [-0.15, -0.1) is 11.3 Å². The predicted octanol–water partition coefficient (Wildman–Crippen LogP) is 5.19. The average molecular weight is 304 g/mol. The Kier molecular flexibility index (Phi) is 3.28. The van der Waals surface area contributed by atoms with Gasteiger partial charge in [-0.2, -0.15) is 0 Å². The molecule has 0 atom stereocenters. The topological polar surface area (TPSA) is 28.7 Å². The van der Waals surface area contributed by atoms with Gasteiger partial charge in [-0.25, -0.2) is 4.98 Å². The van der Waals surface area contributed by atoms with Crippen molar-refractivity contribution in [3.8, 4) is 11.3 Å². The Labute approximate surface area is 133 Å². The monoisotopic (exact) mass is 304 g/mol. The summed E-state index contributed by atoms with van der Waals surface area (Å²) in [7, 11) is 0. The second-order valence-corrected chi connectivity index (χ2v) is 6.71. The van der Waals surface area contributed by atoms with Gasteiger partial charge in [0, 0.05) is 34.0 Å². The van der Waals surface area contributed by atoms with Crippen molar-refractivity contribution in [2.45, 2.75) is 13.3 Å². The smallest absolute Gasteiger partial charge is 0.0979 e. The molecule has 2 nitrogen and oxygen atoms in total. The zero-order valence-electron chi connectivity index (χ0n) is 12.3. The molecule has 22 heavy (non-hydrogen) atoms. The van der Waals surface area contributed by atoms with E-state index in [2.05, 4.69) is 66.6 Å². The van der Waals surface area contributed by atoms with Crippen LogP contribution in [0.25, 0.3) is 22.2 Å². The maximum Gasteiger partial charge on any atom is 0.0979 e. The highest BCUT2D eigenvalue weighted by Gasteiger charge is 2.13. The molecule has 0 fully saturated rings. The van der Waals surface area contributed by atoms with E-state index in [1.165, 1.54) is 26.4 Å². The molecular weight excluding hydrogens is 288 g/mol. The minimum Gasteiger partial charge on any atom is -0.360 e. The second kappa shape index (κ2) is 5.43. The maximum atomic E-state index is 4.90. The van der Waals surface area contributed by atoms with Crippen LogP contribution in [0.15, 0.2) is 60.8 Å². The number of H-pyrrole nitrogens is 1. The van der Waals surface area contributed by atoms with E-state index in [0.29, 0.717) is 0 Å². The number of aromatic amines is 1. The molecule has 0 aliphatic carbocycles. The normalized spacial score (nSPS) is 11.1. The molecule has 0 radical (unpaired) electrons. The number of para-hydroxylation sites is 1. The van der Waals surface area contributed by atoms with E-state index in [1.807, 2.05) is 6.07 Å². The van der Waals surface area contributed by atoms with Crippen molar-refractivity contribution in [2.24, 2.45) is 0 Å². The van der Waals surface area contributed by atoms with Crippen molar-refractivity contribution in [1.82, 2.24) is 9.97 Å². The van der Waals surface area contributed by atoms with Crippen molar-refractivity contribution in [3.05, 3.63) is 76.2 Å². The summed E-state index contributed by atoms with van der Waals surface area (Å²) in [6.45, 7) is 2.16. The number of nitrogens with one attached hydrogen (secondary N) is 1. The third-order valence-corrected chi connectivity index (χ3v) is 4.85. The molecular formula is C19H16N2S. The van der Waals surface area contributed by atoms with Crippen LogP contribution in [0.4, 0.5) is 0 Å². The van der Waals surface area contributed by atoms with E-state index >= 15 is 0 Å². The van der Waals surface area contributed by atoms with Crippen LogP contribution in [0.5, 0.6) is 0 Å². The van der Waals surface area contributed by atoms with Crippen molar-refractivity contribution >= 4 is 22.2 Å². The van der Waals surface area contributed by atoms with E-state index in [-0.39, 0.29) is 0 Å². The summed E-state index contributed by atoms with van der Waals surface area (Å²) in [5.41, 5.74) is 4.77. The molecule has 0 bridgehead atoms. The van der Waals surface area contributed by atoms with Gasteiger partial charge >= 0.3 is 0 Å². The van der Waals surface area contributed by atoms with Gasteiger partial charge in [-0.3, -0.25) is 0 Å². The number of fused-ring (bicyclic) bond motifs is 1. The molecule has 1 N–H and O–H groups in total. The van der Waals surface area contributed by atoms with Crippen LogP contribution < -0.4 is 0 Å². The summed E-state index contributed by atoms with van der Waals surface area (Å²) >= 11 is 1.79. The van der Waals surface area contributed by atoms with Crippen LogP contribution in [-0.2, 0) is 6.42 Å². The third-order valence-electron chi connectivity index (χ3n) is 3.88. The van der Waals surface area contributed by atoms with Gasteiger partial charge in [0.05, 0.1) is 10.7 Å². The summed E-state index contributed by atoms with van der Waals surface area (Å²) in [4.78, 5) is 9.51. The summed E-state index contributed by atoms with van der Waals surface area (Å²) in [5.74, 6) is 0. The highest BCUT2D eigenvalue weighted by molar-refractivity contribution is 7.12. The molecule has 2 heterocycles. The lowest BCUT2D eigenvalue weighted by Gasteiger charge is -1.97. The van der Waals surface area contributed by atoms with E-state index in [0.717, 1.165) is 17.6 Å². The lowest BCUT2D eigenvalue weighted by atomic mass is 10.1. The zero-order valence-corrected chi connectivity index (χ0v) is 13.2. The van der Waals surface area contributed by atoms with Crippen LogP contribution in [0, 0.1) is 6.92 Å². The standard InChI is InChI=1S/C19H16N2S/c1-13-19(16-12-20-17-10-6-5-9-15(16)17)21-18(22-13)11-14-7-3-2-4-8-14/h2-10,12,20H,11H2,1H3. The Morgan fingerprint density at radius 3 is 2.64 bits per heavy atom. The molecule has 2 aromatic heterocycles. The summed E-state index contributed by atoms with van der Waals surface area (Å²) in [5, 5.41) is 2.41. The summed E-state index contributed by atoms with van der Waals surface area (Å²) in [6, 6.07) is 18.9. The first-order valence-electron chi connectivity index (χ1n) is 7.38. The molecule has 2 aromatic carbocycles. The number of rotatable bonds is 3. The molecule has 0 unspecified atom stereocenters.